The normalized spacial score (nSPS) is 10.9. The first-order valence-electron chi connectivity index (χ1n) is 5.44. The van der Waals surface area contributed by atoms with Gasteiger partial charge in [-0.1, -0.05) is 17.7 Å². The Labute approximate surface area is 117 Å². The second-order valence-electron chi connectivity index (χ2n) is 3.79. The van der Waals surface area contributed by atoms with Gasteiger partial charge in [0.1, 0.15) is 21.6 Å². The highest BCUT2D eigenvalue weighted by Crippen LogP contribution is 2.33. The molecular weight excluding hydrogens is 287 g/mol. The van der Waals surface area contributed by atoms with Crippen LogP contribution in [0.4, 0.5) is 4.39 Å². The Morgan fingerprint density at radius 3 is 2.89 bits per heavy atom. The summed E-state index contributed by atoms with van der Waals surface area (Å²) in [5, 5.41) is 2.95. The van der Waals surface area contributed by atoms with E-state index in [-0.39, 0.29) is 11.4 Å². The summed E-state index contributed by atoms with van der Waals surface area (Å²) in [7, 11) is 1.48. The third-order valence-corrected chi connectivity index (χ3v) is 3.79. The summed E-state index contributed by atoms with van der Waals surface area (Å²) in [6.07, 6.45) is 0. The van der Waals surface area contributed by atoms with Gasteiger partial charge in [0.25, 0.3) is 0 Å². The quantitative estimate of drug-likeness (QED) is 0.666. The molecule has 3 rings (SSSR count). The molecule has 0 atom stereocenters. The molecule has 2 aromatic heterocycles. The number of hydrogen-bond acceptors (Lipinski definition) is 4. The smallest absolute Gasteiger partial charge is 0.169 e. The van der Waals surface area contributed by atoms with E-state index in [1.54, 1.807) is 12.1 Å². The molecule has 1 aromatic carbocycles. The van der Waals surface area contributed by atoms with Gasteiger partial charge in [0, 0.05) is 5.39 Å². The zero-order valence-electron chi connectivity index (χ0n) is 9.85. The molecular formula is C13H8ClFN2OS. The summed E-state index contributed by atoms with van der Waals surface area (Å²) in [4.78, 5) is 9.22. The highest BCUT2D eigenvalue weighted by atomic mass is 35.5. The molecule has 3 nitrogen and oxygen atoms in total. The molecule has 0 spiro atoms. The zero-order chi connectivity index (χ0) is 13.4. The Balaban J connectivity index is 2.30. The number of rotatable bonds is 2. The van der Waals surface area contributed by atoms with Gasteiger partial charge in [-0.05, 0) is 23.6 Å². The summed E-state index contributed by atoms with van der Waals surface area (Å²) < 4.78 is 19.1. The minimum absolute atomic E-state index is 0.224. The van der Waals surface area contributed by atoms with E-state index in [0.717, 1.165) is 10.2 Å². The van der Waals surface area contributed by atoms with Crippen LogP contribution in [0.3, 0.4) is 0 Å². The third kappa shape index (κ3) is 2.05. The fraction of sp³-hybridized carbons (Fsp3) is 0.0769. The van der Waals surface area contributed by atoms with Gasteiger partial charge in [-0.25, -0.2) is 14.4 Å². The summed E-state index contributed by atoms with van der Waals surface area (Å²) in [5.74, 6) is 0.174. The van der Waals surface area contributed by atoms with E-state index in [2.05, 4.69) is 9.97 Å². The first kappa shape index (κ1) is 12.3. The number of hydrogen-bond donors (Lipinski definition) is 0. The molecule has 0 aliphatic heterocycles. The van der Waals surface area contributed by atoms with Gasteiger partial charge >= 0.3 is 0 Å². The van der Waals surface area contributed by atoms with E-state index >= 15 is 0 Å². The number of halogens is 2. The molecule has 6 heteroatoms. The Bertz CT molecular complexity index is 759. The predicted octanol–water partition coefficient (Wildman–Crippen LogP) is 4.16. The van der Waals surface area contributed by atoms with Gasteiger partial charge in [0.05, 0.1) is 12.7 Å². The number of methoxy groups -OCH3 is 1. The van der Waals surface area contributed by atoms with Crippen LogP contribution < -0.4 is 4.74 Å². The van der Waals surface area contributed by atoms with E-state index in [4.69, 9.17) is 16.3 Å². The first-order valence-corrected chi connectivity index (χ1v) is 6.70. The lowest BCUT2D eigenvalue weighted by Crippen LogP contribution is -1.96. The van der Waals surface area contributed by atoms with E-state index in [9.17, 15) is 4.39 Å². The second-order valence-corrected chi connectivity index (χ2v) is 5.05. The molecule has 0 saturated carbocycles. The van der Waals surface area contributed by atoms with Gasteiger partial charge in [-0.15, -0.1) is 11.3 Å². The lowest BCUT2D eigenvalue weighted by molar-refractivity contribution is 0.413. The van der Waals surface area contributed by atoms with E-state index in [1.807, 2.05) is 11.4 Å². The van der Waals surface area contributed by atoms with Gasteiger partial charge in [-0.3, -0.25) is 0 Å². The Morgan fingerprint density at radius 2 is 2.11 bits per heavy atom. The van der Waals surface area contributed by atoms with Crippen LogP contribution in [-0.2, 0) is 0 Å². The van der Waals surface area contributed by atoms with E-state index in [0.29, 0.717) is 10.9 Å². The van der Waals surface area contributed by atoms with E-state index < -0.39 is 5.82 Å². The number of ether oxygens (including phenoxy) is 1. The molecule has 2 heterocycles. The Kier molecular flexibility index (Phi) is 3.08. The van der Waals surface area contributed by atoms with Crippen molar-refractivity contribution in [3.63, 3.8) is 0 Å². The number of fused-ring (bicyclic) bond motifs is 1. The van der Waals surface area contributed by atoms with Gasteiger partial charge in [-0.2, -0.15) is 0 Å². The minimum atomic E-state index is -0.439. The minimum Gasteiger partial charge on any atom is -0.496 e. The molecule has 0 unspecified atom stereocenters. The van der Waals surface area contributed by atoms with Crippen molar-refractivity contribution in [1.29, 1.82) is 0 Å². The molecule has 0 radical (unpaired) electrons. The number of aromatic nitrogens is 2. The summed E-state index contributed by atoms with van der Waals surface area (Å²) in [5.41, 5.74) is 0.224. The largest absolute Gasteiger partial charge is 0.496 e. The molecule has 0 amide bonds. The van der Waals surface area contributed by atoms with Crippen LogP contribution in [-0.4, -0.2) is 17.1 Å². The highest BCUT2D eigenvalue weighted by Gasteiger charge is 2.16. The van der Waals surface area contributed by atoms with Crippen LogP contribution in [0.15, 0.2) is 29.6 Å². The van der Waals surface area contributed by atoms with Crippen molar-refractivity contribution in [3.8, 4) is 17.1 Å². The van der Waals surface area contributed by atoms with Crippen molar-refractivity contribution in [2.45, 2.75) is 0 Å². The summed E-state index contributed by atoms with van der Waals surface area (Å²) in [6, 6.07) is 6.41. The third-order valence-electron chi connectivity index (χ3n) is 2.70. The van der Waals surface area contributed by atoms with Crippen molar-refractivity contribution in [1.82, 2.24) is 9.97 Å². The topological polar surface area (TPSA) is 35.0 Å². The monoisotopic (exact) mass is 294 g/mol. The molecule has 0 aliphatic carbocycles. The maximum atomic E-state index is 14.0. The van der Waals surface area contributed by atoms with Gasteiger partial charge < -0.3 is 4.74 Å². The molecule has 0 aliphatic rings. The van der Waals surface area contributed by atoms with Crippen LogP contribution in [0.5, 0.6) is 5.75 Å². The van der Waals surface area contributed by atoms with Crippen LogP contribution >= 0.6 is 22.9 Å². The van der Waals surface area contributed by atoms with E-state index in [1.165, 1.54) is 24.5 Å². The molecule has 96 valence electrons. The van der Waals surface area contributed by atoms with Crippen LogP contribution in [0.2, 0.25) is 5.15 Å². The molecule has 3 aromatic rings. The highest BCUT2D eigenvalue weighted by molar-refractivity contribution is 7.16. The Hall–Kier alpha value is -1.72. The van der Waals surface area contributed by atoms with Crippen molar-refractivity contribution in [2.75, 3.05) is 7.11 Å². The molecule has 0 saturated heterocycles. The molecule has 0 fully saturated rings. The molecule has 0 N–H and O–H groups in total. The van der Waals surface area contributed by atoms with Crippen LogP contribution in [0.1, 0.15) is 0 Å². The molecule has 0 bridgehead atoms. The average Bonchev–Trinajstić information content (AvgIpc) is 2.87. The Morgan fingerprint density at radius 1 is 1.26 bits per heavy atom. The maximum Gasteiger partial charge on any atom is 0.169 e. The van der Waals surface area contributed by atoms with Crippen molar-refractivity contribution >= 4 is 33.2 Å². The first-order chi connectivity index (χ1) is 9.20. The van der Waals surface area contributed by atoms with Crippen LogP contribution in [0, 0.1) is 5.82 Å². The summed E-state index contributed by atoms with van der Waals surface area (Å²) in [6.45, 7) is 0. The lowest BCUT2D eigenvalue weighted by atomic mass is 10.1. The lowest BCUT2D eigenvalue weighted by Gasteiger charge is -2.08. The zero-order valence-corrected chi connectivity index (χ0v) is 11.4. The van der Waals surface area contributed by atoms with Crippen molar-refractivity contribution in [2.24, 2.45) is 0 Å². The number of benzene rings is 1. The van der Waals surface area contributed by atoms with Gasteiger partial charge in [0.15, 0.2) is 5.82 Å². The second kappa shape index (κ2) is 4.75. The number of nitrogens with zero attached hydrogens (tertiary/aromatic N) is 2. The fourth-order valence-electron chi connectivity index (χ4n) is 1.82. The predicted molar refractivity (Wildman–Crippen MR) is 74.4 cm³/mol. The average molecular weight is 295 g/mol. The van der Waals surface area contributed by atoms with Crippen LogP contribution in [0.25, 0.3) is 21.6 Å². The van der Waals surface area contributed by atoms with Gasteiger partial charge in [0.2, 0.25) is 0 Å². The number of thiophene rings is 1. The summed E-state index contributed by atoms with van der Waals surface area (Å²) >= 11 is 7.52. The van der Waals surface area contributed by atoms with Crippen molar-refractivity contribution < 1.29 is 9.13 Å². The molecule has 19 heavy (non-hydrogen) atoms. The fourth-order valence-corrected chi connectivity index (χ4v) is 2.87. The maximum absolute atomic E-state index is 14.0. The SMILES string of the molecule is COc1cccc(F)c1-c1nc(Cl)c2ccsc2n1. The van der Waals surface area contributed by atoms with Crippen molar-refractivity contribution in [3.05, 3.63) is 40.6 Å². The standard InChI is InChI=1S/C13H8ClFN2OS/c1-18-9-4-2-3-8(15)10(9)12-16-11(14)7-5-6-19-13(7)17-12/h2-6H,1H3.